The number of amides is 1. The van der Waals surface area contributed by atoms with Crippen molar-refractivity contribution in [2.24, 2.45) is 5.92 Å². The molecule has 0 aliphatic carbocycles. The molecule has 2 heterocycles. The van der Waals surface area contributed by atoms with Crippen LogP contribution in [0, 0.1) is 5.92 Å². The first kappa shape index (κ1) is 18.4. The van der Waals surface area contributed by atoms with Gasteiger partial charge in [-0.25, -0.2) is 8.42 Å². The van der Waals surface area contributed by atoms with Crippen LogP contribution in [-0.4, -0.2) is 81.9 Å². The second-order valence-electron chi connectivity index (χ2n) is 7.18. The number of rotatable bonds is 6. The van der Waals surface area contributed by atoms with Crippen LogP contribution in [-0.2, 0) is 14.6 Å². The molecule has 138 valence electrons. The van der Waals surface area contributed by atoms with Crippen LogP contribution >= 0.6 is 0 Å². The van der Waals surface area contributed by atoms with Gasteiger partial charge in [-0.05, 0) is 18.1 Å². The molecule has 1 atom stereocenters. The van der Waals surface area contributed by atoms with Gasteiger partial charge in [0.05, 0.1) is 5.75 Å². The van der Waals surface area contributed by atoms with Crippen LogP contribution in [0.4, 0.5) is 5.69 Å². The van der Waals surface area contributed by atoms with E-state index in [-0.39, 0.29) is 11.7 Å². The van der Waals surface area contributed by atoms with Gasteiger partial charge in [-0.3, -0.25) is 9.69 Å². The van der Waals surface area contributed by atoms with E-state index in [2.05, 4.69) is 9.80 Å². The fourth-order valence-corrected chi connectivity index (χ4v) is 4.21. The first-order chi connectivity index (χ1) is 11.9. The summed E-state index contributed by atoms with van der Waals surface area (Å²) < 4.78 is 22.5. The van der Waals surface area contributed by atoms with Crippen molar-refractivity contribution in [3.05, 3.63) is 30.3 Å². The fraction of sp³-hybridized carbons (Fsp3) is 0.611. The zero-order chi connectivity index (χ0) is 17.9. The lowest BCUT2D eigenvalue weighted by Crippen LogP contribution is -2.48. The highest BCUT2D eigenvalue weighted by Gasteiger charge is 2.32. The Kier molecular flexibility index (Phi) is 5.76. The van der Waals surface area contributed by atoms with E-state index >= 15 is 0 Å². The first-order valence-corrected chi connectivity index (χ1v) is 10.9. The van der Waals surface area contributed by atoms with Crippen molar-refractivity contribution in [3.8, 4) is 0 Å². The standard InChI is InChI=1S/C18H27N3O3S/c1-25(23,24)12-11-19-7-9-20(10-8-19)14-16-13-18(22)21(15-16)17-5-3-2-4-6-17/h2-6,16H,7-15H2,1H3/t16-/m1/s1. The quantitative estimate of drug-likeness (QED) is 0.743. The lowest BCUT2D eigenvalue weighted by molar-refractivity contribution is -0.117. The van der Waals surface area contributed by atoms with Gasteiger partial charge in [-0.2, -0.15) is 0 Å². The van der Waals surface area contributed by atoms with Gasteiger partial charge in [0.1, 0.15) is 9.84 Å². The van der Waals surface area contributed by atoms with Crippen molar-refractivity contribution < 1.29 is 13.2 Å². The van der Waals surface area contributed by atoms with Gasteiger partial charge >= 0.3 is 0 Å². The molecule has 6 nitrogen and oxygen atoms in total. The van der Waals surface area contributed by atoms with Crippen LogP contribution in [0.2, 0.25) is 0 Å². The van der Waals surface area contributed by atoms with E-state index in [0.717, 1.165) is 45.0 Å². The Hall–Kier alpha value is -1.44. The smallest absolute Gasteiger partial charge is 0.227 e. The number of carbonyl (C=O) groups excluding carboxylic acids is 1. The number of sulfone groups is 1. The minimum absolute atomic E-state index is 0.211. The van der Waals surface area contributed by atoms with Crippen LogP contribution in [0.5, 0.6) is 0 Å². The Labute approximate surface area is 150 Å². The van der Waals surface area contributed by atoms with E-state index in [0.29, 0.717) is 18.9 Å². The molecule has 0 bridgehead atoms. The van der Waals surface area contributed by atoms with E-state index in [4.69, 9.17) is 0 Å². The Morgan fingerprint density at radius 1 is 1.04 bits per heavy atom. The minimum atomic E-state index is -2.89. The van der Waals surface area contributed by atoms with E-state index in [1.54, 1.807) is 0 Å². The third-order valence-electron chi connectivity index (χ3n) is 5.03. The second kappa shape index (κ2) is 7.85. The highest BCUT2D eigenvalue weighted by atomic mass is 32.2. The molecule has 0 N–H and O–H groups in total. The first-order valence-electron chi connectivity index (χ1n) is 8.88. The Morgan fingerprint density at radius 3 is 2.32 bits per heavy atom. The summed E-state index contributed by atoms with van der Waals surface area (Å²) in [5.41, 5.74) is 0.987. The third kappa shape index (κ3) is 5.26. The zero-order valence-corrected chi connectivity index (χ0v) is 15.6. The number of piperazine rings is 1. The van der Waals surface area contributed by atoms with Gasteiger partial charge in [0.25, 0.3) is 0 Å². The van der Waals surface area contributed by atoms with E-state index in [1.807, 2.05) is 35.2 Å². The van der Waals surface area contributed by atoms with Crippen LogP contribution in [0.25, 0.3) is 0 Å². The highest BCUT2D eigenvalue weighted by molar-refractivity contribution is 7.90. The van der Waals surface area contributed by atoms with Gasteiger partial charge in [-0.15, -0.1) is 0 Å². The largest absolute Gasteiger partial charge is 0.312 e. The molecular weight excluding hydrogens is 338 g/mol. The van der Waals surface area contributed by atoms with Crippen LogP contribution in [0.3, 0.4) is 0 Å². The average molecular weight is 365 g/mol. The summed E-state index contributed by atoms with van der Waals surface area (Å²) in [5, 5.41) is 0. The number of anilines is 1. The molecule has 2 aliphatic heterocycles. The number of benzene rings is 1. The number of hydrogen-bond donors (Lipinski definition) is 0. The highest BCUT2D eigenvalue weighted by Crippen LogP contribution is 2.25. The van der Waals surface area contributed by atoms with Crippen molar-refractivity contribution in [2.45, 2.75) is 6.42 Å². The molecule has 1 amide bonds. The van der Waals surface area contributed by atoms with E-state index < -0.39 is 9.84 Å². The van der Waals surface area contributed by atoms with Crippen molar-refractivity contribution in [3.63, 3.8) is 0 Å². The molecule has 1 aromatic rings. The summed E-state index contributed by atoms with van der Waals surface area (Å²) in [6.45, 7) is 6.04. The number of hydrogen-bond acceptors (Lipinski definition) is 5. The second-order valence-corrected chi connectivity index (χ2v) is 9.44. The Balaban J connectivity index is 1.45. The lowest BCUT2D eigenvalue weighted by atomic mass is 10.1. The molecule has 0 unspecified atom stereocenters. The number of carbonyl (C=O) groups is 1. The monoisotopic (exact) mass is 365 g/mol. The molecule has 0 spiro atoms. The van der Waals surface area contributed by atoms with Gasteiger partial charge in [0.15, 0.2) is 0 Å². The molecule has 25 heavy (non-hydrogen) atoms. The van der Waals surface area contributed by atoms with Gasteiger partial charge in [0.2, 0.25) is 5.91 Å². The molecule has 1 aromatic carbocycles. The molecule has 2 fully saturated rings. The lowest BCUT2D eigenvalue weighted by Gasteiger charge is -2.35. The predicted octanol–water partition coefficient (Wildman–Crippen LogP) is 0.702. The summed E-state index contributed by atoms with van der Waals surface area (Å²) in [4.78, 5) is 18.8. The van der Waals surface area contributed by atoms with E-state index in [1.165, 1.54) is 6.26 Å². The molecule has 3 rings (SSSR count). The zero-order valence-electron chi connectivity index (χ0n) is 14.8. The predicted molar refractivity (Wildman–Crippen MR) is 99.5 cm³/mol. The molecular formula is C18H27N3O3S. The minimum Gasteiger partial charge on any atom is -0.312 e. The topological polar surface area (TPSA) is 60.9 Å². The number of nitrogens with zero attached hydrogens (tertiary/aromatic N) is 3. The van der Waals surface area contributed by atoms with Gasteiger partial charge in [0, 0.05) is 64.2 Å². The summed E-state index contributed by atoms with van der Waals surface area (Å²) in [6, 6.07) is 9.86. The Morgan fingerprint density at radius 2 is 1.68 bits per heavy atom. The molecule has 7 heteroatoms. The summed E-state index contributed by atoms with van der Waals surface area (Å²) in [5.74, 6) is 0.814. The van der Waals surface area contributed by atoms with Gasteiger partial charge in [-0.1, -0.05) is 18.2 Å². The molecule has 0 saturated carbocycles. The van der Waals surface area contributed by atoms with Crippen molar-refractivity contribution in [1.29, 1.82) is 0 Å². The fourth-order valence-electron chi connectivity index (χ4n) is 3.62. The summed E-state index contributed by atoms with van der Waals surface area (Å²) in [6.07, 6.45) is 1.90. The average Bonchev–Trinajstić information content (AvgIpc) is 2.95. The summed E-state index contributed by atoms with van der Waals surface area (Å²) in [7, 11) is -2.89. The van der Waals surface area contributed by atoms with Crippen LogP contribution in [0.1, 0.15) is 6.42 Å². The maximum absolute atomic E-state index is 12.3. The summed E-state index contributed by atoms with van der Waals surface area (Å²) >= 11 is 0. The SMILES string of the molecule is CS(=O)(=O)CCN1CCN(C[C@H]2CC(=O)N(c3ccccc3)C2)CC1. The number of para-hydroxylation sites is 1. The molecule has 0 aromatic heterocycles. The van der Waals surface area contributed by atoms with Gasteiger partial charge < -0.3 is 9.80 Å². The molecule has 2 saturated heterocycles. The van der Waals surface area contributed by atoms with E-state index in [9.17, 15) is 13.2 Å². The van der Waals surface area contributed by atoms with Crippen molar-refractivity contribution in [1.82, 2.24) is 9.80 Å². The van der Waals surface area contributed by atoms with Crippen molar-refractivity contribution in [2.75, 3.05) is 62.7 Å². The maximum Gasteiger partial charge on any atom is 0.227 e. The third-order valence-corrected chi connectivity index (χ3v) is 5.96. The normalized spacial score (nSPS) is 23.3. The Bertz CT molecular complexity index is 685. The molecule has 0 radical (unpaired) electrons. The van der Waals surface area contributed by atoms with Crippen LogP contribution < -0.4 is 4.90 Å². The molecule has 2 aliphatic rings. The van der Waals surface area contributed by atoms with Crippen LogP contribution in [0.15, 0.2) is 30.3 Å². The van der Waals surface area contributed by atoms with Crippen molar-refractivity contribution >= 4 is 21.4 Å². The maximum atomic E-state index is 12.3.